The molecule has 94 valence electrons. The van der Waals surface area contributed by atoms with Gasteiger partial charge in [0.15, 0.2) is 0 Å². The number of nitrogen functional groups attached to an aromatic ring is 1. The van der Waals surface area contributed by atoms with Gasteiger partial charge < -0.3 is 10.5 Å². The first-order valence-electron chi connectivity index (χ1n) is 6.30. The third kappa shape index (κ3) is 2.79. The Morgan fingerprint density at radius 1 is 1.29 bits per heavy atom. The highest BCUT2D eigenvalue weighted by Crippen LogP contribution is 2.26. The number of anilines is 1. The summed E-state index contributed by atoms with van der Waals surface area (Å²) in [4.78, 5) is 2.50. The molecule has 3 nitrogen and oxygen atoms in total. The fourth-order valence-corrected chi connectivity index (χ4v) is 2.43. The van der Waals surface area contributed by atoms with E-state index in [0.717, 1.165) is 18.8 Å². The summed E-state index contributed by atoms with van der Waals surface area (Å²) in [6.07, 6.45) is 0.322. The van der Waals surface area contributed by atoms with E-state index in [0.29, 0.717) is 18.2 Å². The maximum atomic E-state index is 5.72. The Hall–Kier alpha value is -1.06. The van der Waals surface area contributed by atoms with Crippen LogP contribution in [0.2, 0.25) is 0 Å². The van der Waals surface area contributed by atoms with Crippen LogP contribution in [0.4, 0.5) is 5.69 Å². The van der Waals surface area contributed by atoms with Crippen LogP contribution >= 0.6 is 0 Å². The summed E-state index contributed by atoms with van der Waals surface area (Å²) in [6.45, 7) is 8.42. The molecule has 3 atom stereocenters. The van der Waals surface area contributed by atoms with E-state index in [2.05, 4.69) is 37.8 Å². The molecule has 1 aliphatic heterocycles. The third-order valence-corrected chi connectivity index (χ3v) is 3.57. The molecule has 3 heteroatoms. The maximum Gasteiger partial charge on any atom is 0.0675 e. The first-order valence-corrected chi connectivity index (χ1v) is 6.30. The van der Waals surface area contributed by atoms with E-state index >= 15 is 0 Å². The molecule has 0 aromatic heterocycles. The van der Waals surface area contributed by atoms with Crippen molar-refractivity contribution in [3.63, 3.8) is 0 Å². The summed E-state index contributed by atoms with van der Waals surface area (Å²) < 4.78 is 5.66. The lowest BCUT2D eigenvalue weighted by atomic mass is 10.0. The van der Waals surface area contributed by atoms with Crippen molar-refractivity contribution in [2.75, 3.05) is 18.9 Å². The second-order valence-electron chi connectivity index (χ2n) is 5.03. The lowest BCUT2D eigenvalue weighted by Crippen LogP contribution is -2.48. The average Bonchev–Trinajstić information content (AvgIpc) is 2.32. The number of hydrogen-bond acceptors (Lipinski definition) is 3. The number of benzene rings is 1. The normalized spacial score (nSPS) is 27.9. The lowest BCUT2D eigenvalue weighted by molar-refractivity contribution is -0.0640. The zero-order valence-electron chi connectivity index (χ0n) is 10.9. The van der Waals surface area contributed by atoms with Crippen LogP contribution in [0, 0.1) is 0 Å². The van der Waals surface area contributed by atoms with E-state index in [1.54, 1.807) is 0 Å². The van der Waals surface area contributed by atoms with Crippen LogP contribution in [0.5, 0.6) is 0 Å². The van der Waals surface area contributed by atoms with Gasteiger partial charge in [-0.2, -0.15) is 0 Å². The van der Waals surface area contributed by atoms with Crippen molar-refractivity contribution in [1.82, 2.24) is 4.90 Å². The predicted octanol–water partition coefficient (Wildman–Crippen LogP) is 2.44. The van der Waals surface area contributed by atoms with E-state index in [4.69, 9.17) is 10.5 Å². The number of morpholine rings is 1. The molecule has 1 aromatic carbocycles. The molecule has 1 fully saturated rings. The predicted molar refractivity (Wildman–Crippen MR) is 70.9 cm³/mol. The number of ether oxygens (including phenoxy) is 1. The average molecular weight is 234 g/mol. The number of hydrogen-bond donors (Lipinski definition) is 1. The number of nitrogens with two attached hydrogens (primary N) is 1. The fourth-order valence-electron chi connectivity index (χ4n) is 2.43. The van der Waals surface area contributed by atoms with Gasteiger partial charge in [0.05, 0.1) is 12.7 Å². The van der Waals surface area contributed by atoms with E-state index < -0.39 is 0 Å². The van der Waals surface area contributed by atoms with Crippen molar-refractivity contribution in [1.29, 1.82) is 0 Å². The Bertz CT molecular complexity index is 363. The first-order chi connectivity index (χ1) is 8.08. The summed E-state index contributed by atoms with van der Waals surface area (Å²) in [7, 11) is 0. The van der Waals surface area contributed by atoms with Crippen molar-refractivity contribution in [3.8, 4) is 0 Å². The zero-order valence-corrected chi connectivity index (χ0v) is 10.9. The van der Waals surface area contributed by atoms with E-state index in [1.165, 1.54) is 5.56 Å². The molecule has 0 amide bonds. The molecule has 1 saturated heterocycles. The molecule has 0 spiro atoms. The Kier molecular flexibility index (Phi) is 3.69. The molecular weight excluding hydrogens is 212 g/mol. The molecule has 2 N–H and O–H groups in total. The third-order valence-electron chi connectivity index (χ3n) is 3.57. The summed E-state index contributed by atoms with van der Waals surface area (Å²) in [5, 5.41) is 0. The van der Waals surface area contributed by atoms with Gasteiger partial charge in [-0.25, -0.2) is 0 Å². The number of rotatable bonds is 2. The van der Waals surface area contributed by atoms with Crippen LogP contribution < -0.4 is 5.73 Å². The molecule has 1 heterocycles. The monoisotopic (exact) mass is 234 g/mol. The van der Waals surface area contributed by atoms with Gasteiger partial charge in [-0.15, -0.1) is 0 Å². The van der Waals surface area contributed by atoms with Gasteiger partial charge in [0, 0.05) is 24.3 Å². The minimum atomic E-state index is 0.322. The molecule has 0 bridgehead atoms. The Balaban J connectivity index is 2.12. The fraction of sp³-hybridized carbons (Fsp3) is 0.571. The highest BCUT2D eigenvalue weighted by molar-refractivity contribution is 5.40. The van der Waals surface area contributed by atoms with Crippen LogP contribution in [0.25, 0.3) is 0 Å². The van der Waals surface area contributed by atoms with Crippen molar-refractivity contribution in [2.45, 2.75) is 39.0 Å². The molecule has 1 aliphatic rings. The van der Waals surface area contributed by atoms with Crippen LogP contribution in [-0.2, 0) is 4.74 Å². The summed E-state index contributed by atoms with van der Waals surface area (Å²) in [6, 6.07) is 9.07. The van der Waals surface area contributed by atoms with Gasteiger partial charge in [0.25, 0.3) is 0 Å². The highest BCUT2D eigenvalue weighted by Gasteiger charge is 2.27. The SMILES string of the molecule is CC1CN(C(C)c2ccc(N)cc2)C(C)CO1. The summed E-state index contributed by atoms with van der Waals surface area (Å²) >= 11 is 0. The quantitative estimate of drug-likeness (QED) is 0.799. The van der Waals surface area contributed by atoms with Gasteiger partial charge in [-0.1, -0.05) is 12.1 Å². The van der Waals surface area contributed by atoms with Crippen LogP contribution in [-0.4, -0.2) is 30.2 Å². The van der Waals surface area contributed by atoms with Crippen molar-refractivity contribution >= 4 is 5.69 Å². The van der Waals surface area contributed by atoms with Gasteiger partial charge in [-0.05, 0) is 38.5 Å². The largest absolute Gasteiger partial charge is 0.399 e. The van der Waals surface area contributed by atoms with Gasteiger partial charge in [0.1, 0.15) is 0 Å². The molecule has 2 rings (SSSR count). The summed E-state index contributed by atoms with van der Waals surface area (Å²) in [5.41, 5.74) is 7.86. The topological polar surface area (TPSA) is 38.5 Å². The highest BCUT2D eigenvalue weighted by atomic mass is 16.5. The molecule has 17 heavy (non-hydrogen) atoms. The van der Waals surface area contributed by atoms with Crippen LogP contribution in [0.1, 0.15) is 32.4 Å². The molecule has 0 saturated carbocycles. The van der Waals surface area contributed by atoms with Crippen LogP contribution in [0.15, 0.2) is 24.3 Å². The molecule has 3 unspecified atom stereocenters. The van der Waals surface area contributed by atoms with Crippen molar-refractivity contribution < 1.29 is 4.74 Å². The summed E-state index contributed by atoms with van der Waals surface area (Å²) in [5.74, 6) is 0. The minimum Gasteiger partial charge on any atom is -0.399 e. The standard InChI is InChI=1S/C14H22N2O/c1-10-9-17-11(2)8-16(10)12(3)13-4-6-14(15)7-5-13/h4-7,10-12H,8-9,15H2,1-3H3. The second kappa shape index (κ2) is 5.07. The first kappa shape index (κ1) is 12.4. The molecule has 1 aromatic rings. The molecular formula is C14H22N2O. The molecule has 0 radical (unpaired) electrons. The molecule has 0 aliphatic carbocycles. The van der Waals surface area contributed by atoms with Gasteiger partial charge in [-0.3, -0.25) is 4.90 Å². The lowest BCUT2D eigenvalue weighted by Gasteiger charge is -2.40. The Morgan fingerprint density at radius 2 is 1.94 bits per heavy atom. The van der Waals surface area contributed by atoms with Crippen molar-refractivity contribution in [2.24, 2.45) is 0 Å². The van der Waals surface area contributed by atoms with E-state index in [-0.39, 0.29) is 0 Å². The Morgan fingerprint density at radius 3 is 2.59 bits per heavy atom. The zero-order chi connectivity index (χ0) is 12.4. The smallest absolute Gasteiger partial charge is 0.0675 e. The second-order valence-corrected chi connectivity index (χ2v) is 5.03. The minimum absolute atomic E-state index is 0.322. The van der Waals surface area contributed by atoms with Crippen molar-refractivity contribution in [3.05, 3.63) is 29.8 Å². The van der Waals surface area contributed by atoms with Gasteiger partial charge >= 0.3 is 0 Å². The Labute approximate surface area is 104 Å². The van der Waals surface area contributed by atoms with Gasteiger partial charge in [0.2, 0.25) is 0 Å². The maximum absolute atomic E-state index is 5.72. The van der Waals surface area contributed by atoms with E-state index in [9.17, 15) is 0 Å². The van der Waals surface area contributed by atoms with Crippen LogP contribution in [0.3, 0.4) is 0 Å². The van der Waals surface area contributed by atoms with E-state index in [1.807, 2.05) is 12.1 Å². The number of nitrogens with zero attached hydrogens (tertiary/aromatic N) is 1.